The van der Waals surface area contributed by atoms with Crippen LogP contribution in [0.4, 0.5) is 11.4 Å². The van der Waals surface area contributed by atoms with Gasteiger partial charge in [0, 0.05) is 0 Å². The van der Waals surface area contributed by atoms with Gasteiger partial charge in [-0.25, -0.2) is 9.59 Å². The molecule has 248 valence electrons. The summed E-state index contributed by atoms with van der Waals surface area (Å²) in [6.45, 7) is 6.90. The van der Waals surface area contributed by atoms with E-state index in [2.05, 4.69) is 17.2 Å². The van der Waals surface area contributed by atoms with E-state index in [9.17, 15) is 9.59 Å². The first-order valence-electron chi connectivity index (χ1n) is 17.2. The first-order valence-corrected chi connectivity index (χ1v) is 17.2. The summed E-state index contributed by atoms with van der Waals surface area (Å²) in [5, 5.41) is 8.49. The van der Waals surface area contributed by atoms with Gasteiger partial charge in [0.15, 0.2) is 0 Å². The van der Waals surface area contributed by atoms with Crippen LogP contribution < -0.4 is 9.47 Å². The Balaban J connectivity index is 1.30. The van der Waals surface area contributed by atoms with E-state index in [1.165, 1.54) is 83.5 Å². The van der Waals surface area contributed by atoms with E-state index in [4.69, 9.17) is 14.2 Å². The molecule has 7 heteroatoms. The Morgan fingerprint density at radius 2 is 1.09 bits per heavy atom. The standard InChI is InChI=1S/C39H52N2O5/c1-4-6-7-8-9-10-11-12-13-14-15-16-17-18-29-45-36-26-21-33(22-27-36)39(43)46-37-28-25-35(30-31(37)3)41-40-34-23-19-32(20-24-34)38(42)44-5-2/h19-28,30H,4-18,29H2,1-3H3. The number of ether oxygens (including phenoxy) is 3. The number of aryl methyl sites for hydroxylation is 1. The van der Waals surface area contributed by atoms with Crippen molar-refractivity contribution in [1.82, 2.24) is 0 Å². The molecule has 0 spiro atoms. The number of carbonyl (C=O) groups excluding carboxylic acids is 2. The molecule has 0 bridgehead atoms. The Morgan fingerprint density at radius 3 is 1.65 bits per heavy atom. The third-order valence-corrected chi connectivity index (χ3v) is 7.88. The normalized spacial score (nSPS) is 11.1. The zero-order valence-corrected chi connectivity index (χ0v) is 28.1. The van der Waals surface area contributed by atoms with Gasteiger partial charge in [-0.3, -0.25) is 0 Å². The van der Waals surface area contributed by atoms with E-state index < -0.39 is 5.97 Å². The molecule has 3 aromatic carbocycles. The lowest BCUT2D eigenvalue weighted by atomic mass is 10.0. The van der Waals surface area contributed by atoms with Gasteiger partial charge in [-0.15, -0.1) is 0 Å². The lowest BCUT2D eigenvalue weighted by Crippen LogP contribution is -2.09. The molecule has 0 saturated carbocycles. The zero-order valence-electron chi connectivity index (χ0n) is 28.1. The van der Waals surface area contributed by atoms with Crippen molar-refractivity contribution in [2.24, 2.45) is 10.2 Å². The molecule has 0 N–H and O–H groups in total. The number of unbranched alkanes of at least 4 members (excludes halogenated alkanes) is 13. The van der Waals surface area contributed by atoms with Gasteiger partial charge in [0.25, 0.3) is 0 Å². The molecular formula is C39H52N2O5. The van der Waals surface area contributed by atoms with E-state index in [0.717, 1.165) is 17.7 Å². The Bertz CT molecular complexity index is 1340. The first kappa shape index (κ1) is 36.5. The van der Waals surface area contributed by atoms with Crippen LogP contribution in [-0.2, 0) is 4.74 Å². The Kier molecular flexibility index (Phi) is 17.2. The van der Waals surface area contributed by atoms with Gasteiger partial charge < -0.3 is 14.2 Å². The van der Waals surface area contributed by atoms with Gasteiger partial charge in [-0.05, 0) is 92.6 Å². The molecule has 7 nitrogen and oxygen atoms in total. The number of esters is 2. The van der Waals surface area contributed by atoms with Crippen molar-refractivity contribution in [3.63, 3.8) is 0 Å². The summed E-state index contributed by atoms with van der Waals surface area (Å²) in [5.74, 6) is 0.415. The summed E-state index contributed by atoms with van der Waals surface area (Å²) in [4.78, 5) is 24.6. The van der Waals surface area contributed by atoms with E-state index in [0.29, 0.717) is 41.5 Å². The van der Waals surface area contributed by atoms with Gasteiger partial charge >= 0.3 is 11.9 Å². The van der Waals surface area contributed by atoms with Crippen LogP contribution in [0.15, 0.2) is 77.0 Å². The quantitative estimate of drug-likeness (QED) is 0.0478. The van der Waals surface area contributed by atoms with Crippen LogP contribution >= 0.6 is 0 Å². The molecule has 3 aromatic rings. The number of nitrogens with zero attached hydrogens (tertiary/aromatic N) is 2. The number of carbonyl (C=O) groups is 2. The second-order valence-corrected chi connectivity index (χ2v) is 11.8. The van der Waals surface area contributed by atoms with Crippen LogP contribution in [0.3, 0.4) is 0 Å². The van der Waals surface area contributed by atoms with Crippen LogP contribution in [0.5, 0.6) is 11.5 Å². The van der Waals surface area contributed by atoms with Crippen LogP contribution in [-0.4, -0.2) is 25.2 Å². The molecular weight excluding hydrogens is 576 g/mol. The minimum Gasteiger partial charge on any atom is -0.494 e. The van der Waals surface area contributed by atoms with Crippen molar-refractivity contribution < 1.29 is 23.8 Å². The van der Waals surface area contributed by atoms with E-state index >= 15 is 0 Å². The van der Waals surface area contributed by atoms with Crippen molar-refractivity contribution in [2.75, 3.05) is 13.2 Å². The SMILES string of the molecule is CCCCCCCCCCCCCCCCOc1ccc(C(=O)Oc2ccc(N=Nc3ccc(C(=O)OCC)cc3)cc2C)cc1. The summed E-state index contributed by atoms with van der Waals surface area (Å²) in [6, 6.07) is 19.0. The molecule has 0 atom stereocenters. The molecule has 0 unspecified atom stereocenters. The van der Waals surface area contributed by atoms with Gasteiger partial charge in [-0.2, -0.15) is 10.2 Å². The van der Waals surface area contributed by atoms with Crippen molar-refractivity contribution >= 4 is 23.3 Å². The minimum atomic E-state index is -0.433. The fourth-order valence-electron chi connectivity index (χ4n) is 5.14. The fourth-order valence-corrected chi connectivity index (χ4v) is 5.14. The maximum Gasteiger partial charge on any atom is 0.343 e. The summed E-state index contributed by atoms with van der Waals surface area (Å²) < 4.78 is 16.5. The lowest BCUT2D eigenvalue weighted by molar-refractivity contribution is 0.0526. The molecule has 0 amide bonds. The zero-order chi connectivity index (χ0) is 32.8. The van der Waals surface area contributed by atoms with Crippen LogP contribution in [0.2, 0.25) is 0 Å². The molecule has 3 rings (SSSR count). The second kappa shape index (κ2) is 21.7. The van der Waals surface area contributed by atoms with Crippen molar-refractivity contribution in [3.05, 3.63) is 83.4 Å². The molecule has 0 aliphatic heterocycles. The molecule has 0 saturated heterocycles. The number of rotatable bonds is 22. The molecule has 0 aromatic heterocycles. The number of hydrogen-bond donors (Lipinski definition) is 0. The molecule has 0 aliphatic rings. The van der Waals surface area contributed by atoms with Gasteiger partial charge in [0.2, 0.25) is 0 Å². The smallest absolute Gasteiger partial charge is 0.343 e. The maximum absolute atomic E-state index is 12.8. The third-order valence-electron chi connectivity index (χ3n) is 7.88. The fraction of sp³-hybridized carbons (Fsp3) is 0.487. The molecule has 46 heavy (non-hydrogen) atoms. The van der Waals surface area contributed by atoms with Crippen LogP contribution in [0.25, 0.3) is 0 Å². The Morgan fingerprint density at radius 1 is 0.587 bits per heavy atom. The molecule has 0 heterocycles. The second-order valence-electron chi connectivity index (χ2n) is 11.8. The summed E-state index contributed by atoms with van der Waals surface area (Å²) in [7, 11) is 0. The van der Waals surface area contributed by atoms with Gasteiger partial charge in [0.05, 0.1) is 35.7 Å². The van der Waals surface area contributed by atoms with Crippen molar-refractivity contribution in [3.8, 4) is 11.5 Å². The van der Waals surface area contributed by atoms with E-state index in [1.807, 2.05) is 19.1 Å². The Hall–Kier alpha value is -4.00. The lowest BCUT2D eigenvalue weighted by Gasteiger charge is -2.09. The van der Waals surface area contributed by atoms with E-state index in [-0.39, 0.29) is 5.97 Å². The summed E-state index contributed by atoms with van der Waals surface area (Å²) in [6.07, 6.45) is 18.7. The summed E-state index contributed by atoms with van der Waals surface area (Å²) >= 11 is 0. The monoisotopic (exact) mass is 628 g/mol. The van der Waals surface area contributed by atoms with Crippen LogP contribution in [0, 0.1) is 6.92 Å². The highest BCUT2D eigenvalue weighted by Gasteiger charge is 2.11. The van der Waals surface area contributed by atoms with E-state index in [1.54, 1.807) is 61.5 Å². The average molecular weight is 629 g/mol. The number of azo groups is 1. The molecule has 0 radical (unpaired) electrons. The van der Waals surface area contributed by atoms with Gasteiger partial charge in [-0.1, -0.05) is 90.4 Å². The number of hydrogen-bond acceptors (Lipinski definition) is 7. The Labute approximate surface area is 275 Å². The predicted octanol–water partition coefficient (Wildman–Crippen LogP) is 11.7. The first-order chi connectivity index (χ1) is 22.5. The third kappa shape index (κ3) is 14.0. The largest absolute Gasteiger partial charge is 0.494 e. The molecule has 0 aliphatic carbocycles. The highest BCUT2D eigenvalue weighted by atomic mass is 16.5. The van der Waals surface area contributed by atoms with Gasteiger partial charge in [0.1, 0.15) is 11.5 Å². The maximum atomic E-state index is 12.8. The van der Waals surface area contributed by atoms with Crippen molar-refractivity contribution in [2.45, 2.75) is 111 Å². The minimum absolute atomic E-state index is 0.325. The highest BCUT2D eigenvalue weighted by molar-refractivity contribution is 5.91. The number of benzene rings is 3. The molecule has 0 fully saturated rings. The predicted molar refractivity (Wildman–Crippen MR) is 185 cm³/mol. The van der Waals surface area contributed by atoms with Crippen molar-refractivity contribution in [1.29, 1.82) is 0 Å². The summed E-state index contributed by atoms with van der Waals surface area (Å²) in [5.41, 5.74) is 2.90. The topological polar surface area (TPSA) is 86.5 Å². The average Bonchev–Trinajstić information content (AvgIpc) is 3.07. The van der Waals surface area contributed by atoms with Crippen LogP contribution in [0.1, 0.15) is 130 Å². The highest BCUT2D eigenvalue weighted by Crippen LogP contribution is 2.27.